The lowest BCUT2D eigenvalue weighted by atomic mass is 9.92. The van der Waals surface area contributed by atoms with Crippen molar-refractivity contribution in [1.82, 2.24) is 25.1 Å². The van der Waals surface area contributed by atoms with Crippen LogP contribution in [-0.2, 0) is 16.1 Å². The van der Waals surface area contributed by atoms with E-state index in [-0.39, 0.29) is 18.6 Å². The van der Waals surface area contributed by atoms with Crippen molar-refractivity contribution in [3.05, 3.63) is 29.8 Å². The van der Waals surface area contributed by atoms with E-state index in [0.29, 0.717) is 28.8 Å². The molecular formula is C20H27N5O3. The number of carbonyl (C=O) groups is 2. The Kier molecular flexibility index (Phi) is 6.06. The summed E-state index contributed by atoms with van der Waals surface area (Å²) in [7, 11) is 0. The van der Waals surface area contributed by atoms with Gasteiger partial charge in [-0.15, -0.1) is 10.2 Å². The van der Waals surface area contributed by atoms with Crippen molar-refractivity contribution in [3.63, 3.8) is 0 Å². The number of ether oxygens (including phenoxy) is 1. The second kappa shape index (κ2) is 8.50. The van der Waals surface area contributed by atoms with Crippen LogP contribution in [-0.4, -0.2) is 56.2 Å². The van der Waals surface area contributed by atoms with Gasteiger partial charge in [-0.3, -0.25) is 4.79 Å². The Bertz CT molecular complexity index is 838. The molecule has 0 saturated carbocycles. The molecule has 28 heavy (non-hydrogen) atoms. The molecule has 1 amide bonds. The number of hydrogen-bond donors (Lipinski definition) is 0. The monoisotopic (exact) mass is 385 g/mol. The van der Waals surface area contributed by atoms with Gasteiger partial charge in [-0.25, -0.2) is 4.79 Å². The third-order valence-electron chi connectivity index (χ3n) is 4.65. The number of likely N-dealkylation sites (tertiary alicyclic amines) is 1. The molecule has 2 heterocycles. The first-order valence-corrected chi connectivity index (χ1v) is 9.68. The summed E-state index contributed by atoms with van der Waals surface area (Å²) in [6.07, 6.45) is 0.951. The van der Waals surface area contributed by atoms with Crippen LogP contribution in [0.1, 0.15) is 44.5 Å². The van der Waals surface area contributed by atoms with Crippen molar-refractivity contribution in [2.24, 2.45) is 11.8 Å². The van der Waals surface area contributed by atoms with E-state index in [1.165, 1.54) is 4.80 Å². The van der Waals surface area contributed by atoms with Crippen molar-refractivity contribution in [2.75, 3.05) is 13.1 Å². The van der Waals surface area contributed by atoms with Gasteiger partial charge in [0.1, 0.15) is 6.54 Å². The lowest BCUT2D eigenvalue weighted by Gasteiger charge is -2.34. The third kappa shape index (κ3) is 4.94. The number of aromatic nitrogens is 4. The third-order valence-corrected chi connectivity index (χ3v) is 4.65. The molecule has 150 valence electrons. The summed E-state index contributed by atoms with van der Waals surface area (Å²) in [5.74, 6) is 0.970. The number of rotatable bonds is 5. The molecule has 2 unspecified atom stereocenters. The van der Waals surface area contributed by atoms with Crippen molar-refractivity contribution < 1.29 is 14.3 Å². The highest BCUT2D eigenvalue weighted by atomic mass is 16.5. The number of nitrogens with zero attached hydrogens (tertiary/aromatic N) is 5. The van der Waals surface area contributed by atoms with E-state index < -0.39 is 5.97 Å². The van der Waals surface area contributed by atoms with Gasteiger partial charge in [0.15, 0.2) is 0 Å². The first-order valence-electron chi connectivity index (χ1n) is 9.68. The van der Waals surface area contributed by atoms with Crippen LogP contribution in [0, 0.1) is 11.8 Å². The lowest BCUT2D eigenvalue weighted by Crippen LogP contribution is -2.44. The van der Waals surface area contributed by atoms with Crippen LogP contribution in [0.4, 0.5) is 0 Å². The quantitative estimate of drug-likeness (QED) is 0.734. The van der Waals surface area contributed by atoms with Crippen LogP contribution in [0.2, 0.25) is 0 Å². The minimum absolute atomic E-state index is 0.00314. The van der Waals surface area contributed by atoms with Crippen LogP contribution in [0.25, 0.3) is 11.4 Å². The molecule has 8 heteroatoms. The number of piperidine rings is 1. The van der Waals surface area contributed by atoms with E-state index in [9.17, 15) is 9.59 Å². The topological polar surface area (TPSA) is 90.2 Å². The number of esters is 1. The minimum atomic E-state index is -0.396. The van der Waals surface area contributed by atoms with Gasteiger partial charge in [0.25, 0.3) is 0 Å². The summed E-state index contributed by atoms with van der Waals surface area (Å²) in [5, 5.41) is 12.3. The van der Waals surface area contributed by atoms with Crippen molar-refractivity contribution in [3.8, 4) is 11.4 Å². The summed E-state index contributed by atoms with van der Waals surface area (Å²) in [5.41, 5.74) is 1.08. The van der Waals surface area contributed by atoms with Crippen LogP contribution in [0.5, 0.6) is 0 Å². The first kappa shape index (κ1) is 20.0. The van der Waals surface area contributed by atoms with Crippen LogP contribution >= 0.6 is 0 Å². The fourth-order valence-corrected chi connectivity index (χ4v) is 3.58. The predicted molar refractivity (Wildman–Crippen MR) is 103 cm³/mol. The Morgan fingerprint density at radius 2 is 1.93 bits per heavy atom. The lowest BCUT2D eigenvalue weighted by molar-refractivity contribution is -0.135. The highest BCUT2D eigenvalue weighted by Gasteiger charge is 2.26. The highest BCUT2D eigenvalue weighted by molar-refractivity contribution is 5.90. The zero-order valence-corrected chi connectivity index (χ0v) is 16.8. The summed E-state index contributed by atoms with van der Waals surface area (Å²) in [6.45, 7) is 9.53. The smallest absolute Gasteiger partial charge is 0.338 e. The van der Waals surface area contributed by atoms with Crippen molar-refractivity contribution in [1.29, 1.82) is 0 Å². The molecule has 1 aromatic carbocycles. The average Bonchev–Trinajstić information content (AvgIpc) is 3.09. The minimum Gasteiger partial charge on any atom is -0.459 e. The molecule has 3 rings (SSSR count). The molecular weight excluding hydrogens is 358 g/mol. The summed E-state index contributed by atoms with van der Waals surface area (Å²) < 4.78 is 5.22. The molecule has 0 spiro atoms. The number of carbonyl (C=O) groups excluding carboxylic acids is 2. The average molecular weight is 385 g/mol. The van der Waals surface area contributed by atoms with Crippen molar-refractivity contribution in [2.45, 2.75) is 46.8 Å². The fourth-order valence-electron chi connectivity index (χ4n) is 3.58. The van der Waals surface area contributed by atoms with Crippen molar-refractivity contribution >= 4 is 11.9 Å². The zero-order chi connectivity index (χ0) is 20.3. The zero-order valence-electron chi connectivity index (χ0n) is 16.8. The summed E-state index contributed by atoms with van der Waals surface area (Å²) in [4.78, 5) is 27.9. The number of benzene rings is 1. The Balaban J connectivity index is 1.69. The molecule has 0 N–H and O–H groups in total. The maximum Gasteiger partial charge on any atom is 0.338 e. The van der Waals surface area contributed by atoms with Crippen LogP contribution in [0.3, 0.4) is 0 Å². The Hall–Kier alpha value is -2.77. The number of tetrazole rings is 1. The Morgan fingerprint density at radius 1 is 1.21 bits per heavy atom. The standard InChI is InChI=1S/C20H27N5O3/c1-13(2)28-20(27)17-7-5-6-16(9-17)19-21-23-25(22-19)12-18(26)24-10-14(3)8-15(4)11-24/h5-7,9,13-15H,8,10-12H2,1-4H3. The van der Waals surface area contributed by atoms with Gasteiger partial charge in [-0.05, 0) is 49.5 Å². The molecule has 2 aromatic rings. The Labute approximate surface area is 164 Å². The van der Waals surface area contributed by atoms with E-state index >= 15 is 0 Å². The number of hydrogen-bond acceptors (Lipinski definition) is 6. The first-order chi connectivity index (χ1) is 13.3. The molecule has 0 bridgehead atoms. The van der Waals surface area contributed by atoms with E-state index in [1.54, 1.807) is 38.1 Å². The van der Waals surface area contributed by atoms with Gasteiger partial charge >= 0.3 is 5.97 Å². The van der Waals surface area contributed by atoms with Gasteiger partial charge in [0.2, 0.25) is 11.7 Å². The molecule has 2 atom stereocenters. The Morgan fingerprint density at radius 3 is 2.61 bits per heavy atom. The van der Waals surface area contributed by atoms with Gasteiger partial charge in [-0.2, -0.15) is 4.80 Å². The molecule has 1 fully saturated rings. The molecule has 1 aliphatic rings. The maximum absolute atomic E-state index is 12.6. The fraction of sp³-hybridized carbons (Fsp3) is 0.550. The maximum atomic E-state index is 12.6. The second-order valence-electron chi connectivity index (χ2n) is 7.92. The molecule has 1 aromatic heterocycles. The largest absolute Gasteiger partial charge is 0.459 e. The van der Waals surface area contributed by atoms with E-state index in [2.05, 4.69) is 29.3 Å². The van der Waals surface area contributed by atoms with Gasteiger partial charge in [0, 0.05) is 18.7 Å². The molecule has 0 aliphatic carbocycles. The normalized spacial score (nSPS) is 19.7. The summed E-state index contributed by atoms with van der Waals surface area (Å²) in [6, 6.07) is 6.89. The molecule has 1 aliphatic heterocycles. The molecule has 0 radical (unpaired) electrons. The number of amides is 1. The second-order valence-corrected chi connectivity index (χ2v) is 7.92. The summed E-state index contributed by atoms with van der Waals surface area (Å²) >= 11 is 0. The van der Waals surface area contributed by atoms with Crippen LogP contribution < -0.4 is 0 Å². The molecule has 8 nitrogen and oxygen atoms in total. The van der Waals surface area contributed by atoms with Gasteiger partial charge in [-0.1, -0.05) is 26.0 Å². The van der Waals surface area contributed by atoms with Crippen LogP contribution in [0.15, 0.2) is 24.3 Å². The highest BCUT2D eigenvalue weighted by Crippen LogP contribution is 2.21. The van der Waals surface area contributed by atoms with E-state index in [4.69, 9.17) is 4.74 Å². The van der Waals surface area contributed by atoms with Gasteiger partial charge < -0.3 is 9.64 Å². The predicted octanol–water partition coefficient (Wildman–Crippen LogP) is 2.41. The molecule has 1 saturated heterocycles. The van der Waals surface area contributed by atoms with E-state index in [0.717, 1.165) is 19.5 Å². The van der Waals surface area contributed by atoms with Gasteiger partial charge in [0.05, 0.1) is 11.7 Å². The van der Waals surface area contributed by atoms with E-state index in [1.807, 2.05) is 4.90 Å². The SMILES string of the molecule is CC1CC(C)CN(C(=O)Cn2nnc(-c3cccc(C(=O)OC(C)C)c3)n2)C1.